The summed E-state index contributed by atoms with van der Waals surface area (Å²) in [4.78, 5) is 23.4. The maximum absolute atomic E-state index is 12.0. The number of ether oxygens (including phenoxy) is 1. The molecular weight excluding hydrogens is 256 g/mol. The van der Waals surface area contributed by atoms with Crippen molar-refractivity contribution in [2.45, 2.75) is 13.5 Å². The highest BCUT2D eigenvalue weighted by Gasteiger charge is 2.09. The number of anilines is 1. The van der Waals surface area contributed by atoms with E-state index in [2.05, 4.69) is 5.32 Å². The molecule has 5 nitrogen and oxygen atoms in total. The fourth-order valence-corrected chi connectivity index (χ4v) is 1.93. The molecule has 0 saturated heterocycles. The summed E-state index contributed by atoms with van der Waals surface area (Å²) in [7, 11) is 1.57. The van der Waals surface area contributed by atoms with Crippen LogP contribution >= 0.6 is 0 Å². The maximum atomic E-state index is 12.0. The van der Waals surface area contributed by atoms with E-state index in [4.69, 9.17) is 4.74 Å². The number of carbonyl (C=O) groups excluding carboxylic acids is 2. The number of ketones is 1. The number of nitrogens with one attached hydrogen (secondary N) is 1. The average Bonchev–Trinajstić information content (AvgIpc) is 2.87. The minimum absolute atomic E-state index is 0.0656. The molecule has 104 valence electrons. The number of Topliss-reactive ketones (excluding diaryl/α,β-unsaturated/α-hetero) is 1. The highest BCUT2D eigenvalue weighted by molar-refractivity contribution is 5.94. The lowest BCUT2D eigenvalue weighted by Gasteiger charge is -2.09. The number of amides is 1. The van der Waals surface area contributed by atoms with Crippen molar-refractivity contribution in [3.8, 4) is 5.75 Å². The zero-order valence-electron chi connectivity index (χ0n) is 11.4. The Balaban J connectivity index is 2.05. The minimum Gasteiger partial charge on any atom is -0.497 e. The van der Waals surface area contributed by atoms with Crippen LogP contribution in [0.25, 0.3) is 0 Å². The fraction of sp³-hybridized carbons (Fsp3) is 0.200. The van der Waals surface area contributed by atoms with Gasteiger partial charge in [0.05, 0.1) is 12.8 Å². The van der Waals surface area contributed by atoms with Crippen LogP contribution in [-0.2, 0) is 11.3 Å². The first-order valence-electron chi connectivity index (χ1n) is 6.20. The van der Waals surface area contributed by atoms with Crippen molar-refractivity contribution in [1.29, 1.82) is 0 Å². The maximum Gasteiger partial charge on any atom is 0.244 e. The van der Waals surface area contributed by atoms with E-state index in [0.29, 0.717) is 17.1 Å². The van der Waals surface area contributed by atoms with Crippen molar-refractivity contribution in [2.75, 3.05) is 12.4 Å². The Morgan fingerprint density at radius 3 is 2.75 bits per heavy atom. The largest absolute Gasteiger partial charge is 0.497 e. The second-order valence-corrected chi connectivity index (χ2v) is 4.36. The van der Waals surface area contributed by atoms with E-state index in [1.165, 1.54) is 6.92 Å². The molecule has 0 atom stereocenters. The Morgan fingerprint density at radius 1 is 1.25 bits per heavy atom. The van der Waals surface area contributed by atoms with E-state index in [9.17, 15) is 9.59 Å². The standard InChI is InChI=1S/C15H16N2O3/c1-11(18)14-7-4-8-17(14)10-15(19)16-12-5-3-6-13(9-12)20-2/h3-9H,10H2,1-2H3,(H,16,19). The van der Waals surface area contributed by atoms with Crippen LogP contribution in [0.15, 0.2) is 42.6 Å². The van der Waals surface area contributed by atoms with Crippen LogP contribution in [0.5, 0.6) is 5.75 Å². The second kappa shape index (κ2) is 6.06. The van der Waals surface area contributed by atoms with E-state index in [1.807, 2.05) is 0 Å². The van der Waals surface area contributed by atoms with Gasteiger partial charge in [0.2, 0.25) is 5.91 Å². The van der Waals surface area contributed by atoms with Gasteiger partial charge in [0.25, 0.3) is 0 Å². The van der Waals surface area contributed by atoms with E-state index in [1.54, 1.807) is 54.3 Å². The van der Waals surface area contributed by atoms with Crippen LogP contribution in [0.1, 0.15) is 17.4 Å². The molecule has 0 aliphatic carbocycles. The first-order valence-corrected chi connectivity index (χ1v) is 6.20. The van der Waals surface area contributed by atoms with Crippen LogP contribution in [0, 0.1) is 0 Å². The highest BCUT2D eigenvalue weighted by Crippen LogP contribution is 2.16. The molecule has 2 aromatic rings. The number of hydrogen-bond acceptors (Lipinski definition) is 3. The molecule has 0 saturated carbocycles. The van der Waals surface area contributed by atoms with Crippen LogP contribution in [0.4, 0.5) is 5.69 Å². The second-order valence-electron chi connectivity index (χ2n) is 4.36. The summed E-state index contributed by atoms with van der Waals surface area (Å²) < 4.78 is 6.71. The Kier molecular flexibility index (Phi) is 4.20. The summed E-state index contributed by atoms with van der Waals surface area (Å²) in [5, 5.41) is 2.77. The first kappa shape index (κ1) is 13.9. The fourth-order valence-electron chi connectivity index (χ4n) is 1.93. The Morgan fingerprint density at radius 2 is 2.05 bits per heavy atom. The van der Waals surface area contributed by atoms with E-state index < -0.39 is 0 Å². The third kappa shape index (κ3) is 3.26. The predicted molar refractivity (Wildman–Crippen MR) is 76.1 cm³/mol. The first-order chi connectivity index (χ1) is 9.60. The van der Waals surface area contributed by atoms with Gasteiger partial charge in [-0.3, -0.25) is 9.59 Å². The van der Waals surface area contributed by atoms with Crippen LogP contribution in [0.2, 0.25) is 0 Å². The molecule has 0 fully saturated rings. The summed E-state index contributed by atoms with van der Waals surface area (Å²) in [5.74, 6) is 0.411. The summed E-state index contributed by atoms with van der Waals surface area (Å²) in [6.45, 7) is 1.57. The smallest absolute Gasteiger partial charge is 0.244 e. The molecule has 5 heteroatoms. The molecule has 1 aromatic carbocycles. The van der Waals surface area contributed by atoms with Gasteiger partial charge in [0.1, 0.15) is 12.3 Å². The number of nitrogens with zero attached hydrogens (tertiary/aromatic N) is 1. The van der Waals surface area contributed by atoms with Gasteiger partial charge >= 0.3 is 0 Å². The van der Waals surface area contributed by atoms with Crippen molar-refractivity contribution >= 4 is 17.4 Å². The van der Waals surface area contributed by atoms with Gasteiger partial charge in [0.15, 0.2) is 5.78 Å². The predicted octanol–water partition coefficient (Wildman–Crippen LogP) is 2.34. The minimum atomic E-state index is -0.197. The van der Waals surface area contributed by atoms with Crippen molar-refractivity contribution < 1.29 is 14.3 Å². The lowest BCUT2D eigenvalue weighted by molar-refractivity contribution is -0.116. The van der Waals surface area contributed by atoms with Gasteiger partial charge < -0.3 is 14.6 Å². The zero-order valence-corrected chi connectivity index (χ0v) is 11.4. The van der Waals surface area contributed by atoms with Gasteiger partial charge in [0, 0.05) is 24.9 Å². The summed E-state index contributed by atoms with van der Waals surface area (Å²) in [6, 6.07) is 10.6. The highest BCUT2D eigenvalue weighted by atomic mass is 16.5. The normalized spacial score (nSPS) is 10.1. The molecule has 0 spiro atoms. The number of aromatic nitrogens is 1. The Labute approximate surface area is 117 Å². The quantitative estimate of drug-likeness (QED) is 0.850. The Hall–Kier alpha value is -2.56. The number of rotatable bonds is 5. The van der Waals surface area contributed by atoms with E-state index in [0.717, 1.165) is 0 Å². The van der Waals surface area contributed by atoms with Gasteiger partial charge in [-0.1, -0.05) is 6.07 Å². The lowest BCUT2D eigenvalue weighted by Crippen LogP contribution is -2.20. The van der Waals surface area contributed by atoms with Crippen LogP contribution in [-0.4, -0.2) is 23.4 Å². The third-order valence-corrected chi connectivity index (χ3v) is 2.86. The number of methoxy groups -OCH3 is 1. The van der Waals surface area contributed by atoms with Gasteiger partial charge in [-0.05, 0) is 24.3 Å². The molecule has 0 aliphatic rings. The number of carbonyl (C=O) groups is 2. The Bertz CT molecular complexity index is 632. The molecule has 0 unspecified atom stereocenters. The average molecular weight is 272 g/mol. The monoisotopic (exact) mass is 272 g/mol. The van der Waals surface area contributed by atoms with Crippen LogP contribution < -0.4 is 10.1 Å². The molecule has 0 bridgehead atoms. The molecule has 1 heterocycles. The molecule has 1 amide bonds. The molecule has 1 N–H and O–H groups in total. The summed E-state index contributed by atoms with van der Waals surface area (Å²) >= 11 is 0. The SMILES string of the molecule is COc1cccc(NC(=O)Cn2cccc2C(C)=O)c1. The molecule has 0 aliphatic heterocycles. The van der Waals surface area contributed by atoms with E-state index in [-0.39, 0.29) is 18.2 Å². The van der Waals surface area contributed by atoms with Crippen molar-refractivity contribution in [3.05, 3.63) is 48.3 Å². The van der Waals surface area contributed by atoms with E-state index >= 15 is 0 Å². The zero-order chi connectivity index (χ0) is 14.5. The molecule has 2 rings (SSSR count). The lowest BCUT2D eigenvalue weighted by atomic mass is 10.3. The summed E-state index contributed by atoms with van der Waals surface area (Å²) in [6.07, 6.45) is 1.71. The molecule has 20 heavy (non-hydrogen) atoms. The van der Waals surface area contributed by atoms with Crippen molar-refractivity contribution in [3.63, 3.8) is 0 Å². The number of hydrogen-bond donors (Lipinski definition) is 1. The van der Waals surface area contributed by atoms with Crippen molar-refractivity contribution in [2.24, 2.45) is 0 Å². The number of benzene rings is 1. The third-order valence-electron chi connectivity index (χ3n) is 2.86. The molecule has 1 aromatic heterocycles. The summed E-state index contributed by atoms with van der Waals surface area (Å²) in [5.41, 5.74) is 1.18. The van der Waals surface area contributed by atoms with Gasteiger partial charge in [-0.15, -0.1) is 0 Å². The van der Waals surface area contributed by atoms with Gasteiger partial charge in [-0.25, -0.2) is 0 Å². The van der Waals surface area contributed by atoms with Gasteiger partial charge in [-0.2, -0.15) is 0 Å². The molecular formula is C15H16N2O3. The molecule has 0 radical (unpaired) electrons. The van der Waals surface area contributed by atoms with Crippen molar-refractivity contribution in [1.82, 2.24) is 4.57 Å². The topological polar surface area (TPSA) is 60.3 Å². The van der Waals surface area contributed by atoms with Crippen LogP contribution in [0.3, 0.4) is 0 Å².